The van der Waals surface area contributed by atoms with Crippen LogP contribution in [0, 0.1) is 11.6 Å². The average Bonchev–Trinajstić information content (AvgIpc) is 3.61. The molecular formula is C28H25F5N6O3. The second-order valence-corrected chi connectivity index (χ2v) is 9.56. The molecule has 3 heterocycles. The standard InChI is InChI=1S/C28H25F5N6O3/c1-3-10-41-15-8-9-16(18(11-15)28(31,32)33)20-12-23(42-38-20)27(4-2,26(34)40)39-14-22-21(13-35-39)36-25(37-22)17-6-5-7-19(29)24(17)30/h5-9,11-13H,3-4,10,14H2,1-2H3,(H2,34,40)(H,36,37). The fourth-order valence-corrected chi connectivity index (χ4v) is 4.81. The number of hydrogen-bond acceptors (Lipinski definition) is 7. The van der Waals surface area contributed by atoms with Gasteiger partial charge in [-0.1, -0.05) is 25.1 Å². The summed E-state index contributed by atoms with van der Waals surface area (Å²) in [6.07, 6.45) is -2.82. The van der Waals surface area contributed by atoms with Crippen molar-refractivity contribution < 1.29 is 36.0 Å². The van der Waals surface area contributed by atoms with Gasteiger partial charge in [0.25, 0.3) is 5.91 Å². The molecule has 2 aromatic carbocycles. The van der Waals surface area contributed by atoms with Crippen LogP contribution >= 0.6 is 0 Å². The molecule has 0 fully saturated rings. The van der Waals surface area contributed by atoms with E-state index in [0.717, 1.165) is 12.1 Å². The number of nitrogens with two attached hydrogens (primary N) is 1. The number of imidazole rings is 1. The minimum absolute atomic E-state index is 0.000910. The number of aromatic amines is 1. The van der Waals surface area contributed by atoms with Gasteiger partial charge in [-0.25, -0.2) is 13.8 Å². The van der Waals surface area contributed by atoms with Crippen LogP contribution in [0.1, 0.15) is 49.4 Å². The number of carbonyl (C=O) groups is 1. The summed E-state index contributed by atoms with van der Waals surface area (Å²) in [6.45, 7) is 3.60. The van der Waals surface area contributed by atoms with E-state index in [2.05, 4.69) is 20.2 Å². The molecule has 220 valence electrons. The van der Waals surface area contributed by atoms with Crippen LogP contribution in [0.3, 0.4) is 0 Å². The predicted octanol–water partition coefficient (Wildman–Crippen LogP) is 5.76. The Kier molecular flexibility index (Phi) is 7.47. The van der Waals surface area contributed by atoms with Gasteiger partial charge in [-0.3, -0.25) is 9.80 Å². The SMILES string of the molecule is CCCOc1ccc(-c2cc(C(CC)(C(N)=O)N3Cc4[nH]c(-c5cccc(F)c5F)nc4C=N3)on2)c(C(F)(F)F)c1. The summed E-state index contributed by atoms with van der Waals surface area (Å²) in [5, 5.41) is 9.45. The lowest BCUT2D eigenvalue weighted by atomic mass is 9.89. The van der Waals surface area contributed by atoms with Crippen LogP contribution in [-0.4, -0.2) is 38.9 Å². The minimum atomic E-state index is -4.74. The number of benzene rings is 2. The van der Waals surface area contributed by atoms with Gasteiger partial charge in [-0.05, 0) is 43.2 Å². The summed E-state index contributed by atoms with van der Waals surface area (Å²) in [7, 11) is 0. The molecule has 14 heteroatoms. The molecule has 1 aliphatic heterocycles. The normalized spacial score (nSPS) is 14.5. The Morgan fingerprint density at radius 1 is 1.14 bits per heavy atom. The number of aromatic nitrogens is 3. The first kappa shape index (κ1) is 28.8. The Bertz CT molecular complexity index is 1660. The number of hydrazone groups is 1. The number of nitrogens with zero attached hydrogens (tertiary/aromatic N) is 4. The van der Waals surface area contributed by atoms with E-state index in [4.69, 9.17) is 15.0 Å². The number of ether oxygens (including phenoxy) is 1. The average molecular weight is 589 g/mol. The Morgan fingerprint density at radius 2 is 1.93 bits per heavy atom. The van der Waals surface area contributed by atoms with Crippen molar-refractivity contribution in [2.24, 2.45) is 10.8 Å². The number of primary amides is 1. The third kappa shape index (κ3) is 4.97. The van der Waals surface area contributed by atoms with E-state index in [-0.39, 0.29) is 53.7 Å². The highest BCUT2D eigenvalue weighted by Crippen LogP contribution is 2.42. The maximum absolute atomic E-state index is 14.4. The van der Waals surface area contributed by atoms with E-state index < -0.39 is 34.8 Å². The van der Waals surface area contributed by atoms with Crippen molar-refractivity contribution in [2.75, 3.05) is 6.61 Å². The molecule has 1 unspecified atom stereocenters. The predicted molar refractivity (Wildman–Crippen MR) is 141 cm³/mol. The second kappa shape index (κ2) is 10.9. The van der Waals surface area contributed by atoms with Gasteiger partial charge in [0, 0.05) is 11.6 Å². The summed E-state index contributed by atoms with van der Waals surface area (Å²) in [5.74, 6) is -3.08. The van der Waals surface area contributed by atoms with Crippen LogP contribution in [0.4, 0.5) is 22.0 Å². The first-order valence-corrected chi connectivity index (χ1v) is 13.0. The van der Waals surface area contributed by atoms with Crippen molar-refractivity contribution in [3.63, 3.8) is 0 Å². The number of amides is 1. The monoisotopic (exact) mass is 588 g/mol. The second-order valence-electron chi connectivity index (χ2n) is 9.56. The molecule has 3 N–H and O–H groups in total. The number of H-pyrrole nitrogens is 1. The molecule has 1 amide bonds. The molecule has 0 saturated heterocycles. The lowest BCUT2D eigenvalue weighted by Gasteiger charge is -2.37. The van der Waals surface area contributed by atoms with Gasteiger partial charge in [0.2, 0.25) is 0 Å². The highest BCUT2D eigenvalue weighted by atomic mass is 19.4. The van der Waals surface area contributed by atoms with Crippen molar-refractivity contribution in [3.05, 3.63) is 76.8 Å². The largest absolute Gasteiger partial charge is 0.494 e. The molecule has 0 saturated carbocycles. The lowest BCUT2D eigenvalue weighted by molar-refractivity contribution is -0.137. The molecule has 0 aliphatic carbocycles. The molecule has 4 aromatic rings. The topological polar surface area (TPSA) is 123 Å². The van der Waals surface area contributed by atoms with Crippen LogP contribution in [0.2, 0.25) is 0 Å². The maximum Gasteiger partial charge on any atom is 0.417 e. The zero-order valence-corrected chi connectivity index (χ0v) is 22.4. The first-order chi connectivity index (χ1) is 20.0. The van der Waals surface area contributed by atoms with E-state index in [1.165, 1.54) is 41.6 Å². The van der Waals surface area contributed by atoms with Crippen molar-refractivity contribution in [2.45, 2.75) is 44.9 Å². The van der Waals surface area contributed by atoms with Crippen LogP contribution in [-0.2, 0) is 23.1 Å². The smallest absolute Gasteiger partial charge is 0.417 e. The van der Waals surface area contributed by atoms with Crippen LogP contribution in [0.25, 0.3) is 22.6 Å². The van der Waals surface area contributed by atoms with Gasteiger partial charge >= 0.3 is 6.18 Å². The number of fused-ring (bicyclic) bond motifs is 1. The van der Waals surface area contributed by atoms with Gasteiger partial charge in [0.1, 0.15) is 23.0 Å². The summed E-state index contributed by atoms with van der Waals surface area (Å²) in [6, 6.07) is 8.38. The van der Waals surface area contributed by atoms with E-state index in [1.54, 1.807) is 6.92 Å². The van der Waals surface area contributed by atoms with E-state index in [9.17, 15) is 26.7 Å². The lowest BCUT2D eigenvalue weighted by Crippen LogP contribution is -2.52. The molecule has 9 nitrogen and oxygen atoms in total. The van der Waals surface area contributed by atoms with E-state index in [0.29, 0.717) is 17.8 Å². The number of halogens is 5. The van der Waals surface area contributed by atoms with E-state index >= 15 is 0 Å². The highest BCUT2D eigenvalue weighted by molar-refractivity contribution is 5.87. The minimum Gasteiger partial charge on any atom is -0.494 e. The molecular weight excluding hydrogens is 563 g/mol. The summed E-state index contributed by atoms with van der Waals surface area (Å²) < 4.78 is 81.0. The van der Waals surface area contributed by atoms with Gasteiger partial charge in [0.05, 0.1) is 36.2 Å². The fraction of sp³-hybridized carbons (Fsp3) is 0.286. The Labute approximate surface area is 236 Å². The number of carbonyl (C=O) groups excluding carboxylic acids is 1. The van der Waals surface area contributed by atoms with Crippen LogP contribution in [0.5, 0.6) is 5.75 Å². The molecule has 0 spiro atoms. The van der Waals surface area contributed by atoms with Gasteiger partial charge in [-0.2, -0.15) is 18.3 Å². The van der Waals surface area contributed by atoms with Crippen molar-refractivity contribution in [3.8, 4) is 28.4 Å². The maximum atomic E-state index is 14.4. The summed E-state index contributed by atoms with van der Waals surface area (Å²) in [5.41, 5.74) is 3.26. The number of nitrogens with one attached hydrogen (secondary N) is 1. The quantitative estimate of drug-likeness (QED) is 0.240. The highest BCUT2D eigenvalue weighted by Gasteiger charge is 2.48. The van der Waals surface area contributed by atoms with Gasteiger partial charge < -0.3 is 20.0 Å². The summed E-state index contributed by atoms with van der Waals surface area (Å²) in [4.78, 5) is 20.2. The third-order valence-electron chi connectivity index (χ3n) is 6.97. The van der Waals surface area contributed by atoms with Gasteiger partial charge in [-0.15, -0.1) is 0 Å². The van der Waals surface area contributed by atoms with Crippen LogP contribution < -0.4 is 10.5 Å². The molecule has 0 bridgehead atoms. The molecule has 5 rings (SSSR count). The fourth-order valence-electron chi connectivity index (χ4n) is 4.81. The van der Waals surface area contributed by atoms with E-state index in [1.807, 2.05) is 6.92 Å². The Morgan fingerprint density at radius 3 is 2.62 bits per heavy atom. The number of hydrogen-bond donors (Lipinski definition) is 2. The molecule has 1 aliphatic rings. The Balaban J connectivity index is 1.51. The molecule has 0 radical (unpaired) electrons. The summed E-state index contributed by atoms with van der Waals surface area (Å²) >= 11 is 0. The molecule has 1 atom stereocenters. The zero-order valence-electron chi connectivity index (χ0n) is 22.4. The zero-order chi connectivity index (χ0) is 30.2. The Hall–Kier alpha value is -4.75. The van der Waals surface area contributed by atoms with Crippen molar-refractivity contribution in [1.82, 2.24) is 20.1 Å². The molecule has 2 aromatic heterocycles. The van der Waals surface area contributed by atoms with Crippen molar-refractivity contribution >= 4 is 12.1 Å². The number of alkyl halides is 3. The number of rotatable bonds is 9. The third-order valence-corrected chi connectivity index (χ3v) is 6.97. The molecule has 42 heavy (non-hydrogen) atoms. The van der Waals surface area contributed by atoms with Gasteiger partial charge in [0.15, 0.2) is 22.9 Å². The van der Waals surface area contributed by atoms with Crippen molar-refractivity contribution in [1.29, 1.82) is 0 Å². The first-order valence-electron chi connectivity index (χ1n) is 13.0. The van der Waals surface area contributed by atoms with Crippen LogP contribution in [0.15, 0.2) is 52.1 Å².